The minimum atomic E-state index is -0.480. The van der Waals surface area contributed by atoms with Crippen molar-refractivity contribution < 1.29 is 4.79 Å². The monoisotopic (exact) mass is 369 g/mol. The molecule has 1 heterocycles. The van der Waals surface area contributed by atoms with Gasteiger partial charge in [-0.3, -0.25) is 10.1 Å². The van der Waals surface area contributed by atoms with Crippen LogP contribution in [0, 0.1) is 11.3 Å². The highest BCUT2D eigenvalue weighted by Gasteiger charge is 2.14. The molecule has 0 aliphatic rings. The highest BCUT2D eigenvalue weighted by atomic mass is 32.1. The van der Waals surface area contributed by atoms with Crippen LogP contribution in [0.3, 0.4) is 0 Å². The molecule has 1 amide bonds. The summed E-state index contributed by atoms with van der Waals surface area (Å²) < 4.78 is 0. The van der Waals surface area contributed by atoms with Gasteiger partial charge < -0.3 is 4.90 Å². The molecular formula is C19H23N5OS. The second-order valence-electron chi connectivity index (χ2n) is 5.99. The summed E-state index contributed by atoms with van der Waals surface area (Å²) >= 11 is 1.32. The fourth-order valence-electron chi connectivity index (χ4n) is 2.37. The third-order valence-corrected chi connectivity index (χ3v) is 4.99. The Kier molecular flexibility index (Phi) is 6.87. The van der Waals surface area contributed by atoms with Crippen molar-refractivity contribution in [1.29, 1.82) is 5.26 Å². The Morgan fingerprint density at radius 2 is 1.92 bits per heavy atom. The number of hydrogen-bond donors (Lipinski definition) is 1. The standard InChI is InChI=1S/C19H23N5OS/c1-5-24(6-2)16-9-7-14(8-10-16)11-15(12-20)17(25)21-19-23-22-18(26-19)13(3)4/h7-11,13H,5-6H2,1-4H3,(H,21,23,25)/b15-11-. The molecule has 26 heavy (non-hydrogen) atoms. The van der Waals surface area contributed by atoms with E-state index in [1.54, 1.807) is 6.08 Å². The normalized spacial score (nSPS) is 11.3. The largest absolute Gasteiger partial charge is 0.372 e. The molecule has 0 spiro atoms. The van der Waals surface area contributed by atoms with Crippen LogP contribution >= 0.6 is 11.3 Å². The van der Waals surface area contributed by atoms with Gasteiger partial charge in [-0.2, -0.15) is 5.26 Å². The van der Waals surface area contributed by atoms with E-state index in [0.29, 0.717) is 5.13 Å². The molecule has 0 radical (unpaired) electrons. The summed E-state index contributed by atoms with van der Waals surface area (Å²) in [5, 5.41) is 21.2. The predicted molar refractivity (Wildman–Crippen MR) is 106 cm³/mol. The van der Waals surface area contributed by atoms with Crippen LogP contribution in [0.4, 0.5) is 10.8 Å². The summed E-state index contributed by atoms with van der Waals surface area (Å²) in [6.45, 7) is 10.1. The zero-order valence-electron chi connectivity index (χ0n) is 15.5. The smallest absolute Gasteiger partial charge is 0.268 e. The van der Waals surface area contributed by atoms with Gasteiger partial charge in [-0.15, -0.1) is 10.2 Å². The molecule has 1 aromatic carbocycles. The van der Waals surface area contributed by atoms with Gasteiger partial charge in [0, 0.05) is 24.7 Å². The summed E-state index contributed by atoms with van der Waals surface area (Å²) in [6.07, 6.45) is 1.58. The zero-order chi connectivity index (χ0) is 19.1. The van der Waals surface area contributed by atoms with Crippen LogP contribution < -0.4 is 10.2 Å². The lowest BCUT2D eigenvalue weighted by molar-refractivity contribution is -0.112. The van der Waals surface area contributed by atoms with Crippen LogP contribution in [0.25, 0.3) is 6.08 Å². The Morgan fingerprint density at radius 3 is 2.42 bits per heavy atom. The molecule has 136 valence electrons. The molecule has 0 aliphatic heterocycles. The molecule has 0 unspecified atom stereocenters. The first-order valence-electron chi connectivity index (χ1n) is 8.60. The molecule has 0 fully saturated rings. The first kappa shape index (κ1) is 19.6. The summed E-state index contributed by atoms with van der Waals surface area (Å²) in [5.41, 5.74) is 1.94. The zero-order valence-corrected chi connectivity index (χ0v) is 16.3. The summed E-state index contributed by atoms with van der Waals surface area (Å²) in [7, 11) is 0. The van der Waals surface area contributed by atoms with E-state index < -0.39 is 5.91 Å². The van der Waals surface area contributed by atoms with Crippen molar-refractivity contribution in [3.8, 4) is 6.07 Å². The first-order chi connectivity index (χ1) is 12.5. The maximum Gasteiger partial charge on any atom is 0.268 e. The maximum atomic E-state index is 12.3. The molecule has 2 rings (SSSR count). The van der Waals surface area contributed by atoms with Gasteiger partial charge in [0.1, 0.15) is 16.6 Å². The summed E-state index contributed by atoms with van der Waals surface area (Å²) in [6, 6.07) is 9.74. The van der Waals surface area contributed by atoms with Gasteiger partial charge in [0.2, 0.25) is 5.13 Å². The highest BCUT2D eigenvalue weighted by Crippen LogP contribution is 2.23. The molecule has 0 saturated carbocycles. The fraction of sp³-hybridized carbons (Fsp3) is 0.368. The Hall–Kier alpha value is -2.72. The minimum Gasteiger partial charge on any atom is -0.372 e. The lowest BCUT2D eigenvalue weighted by atomic mass is 10.1. The number of hydrogen-bond acceptors (Lipinski definition) is 6. The SMILES string of the molecule is CCN(CC)c1ccc(/C=C(/C#N)C(=O)Nc2nnc(C(C)C)s2)cc1. The van der Waals surface area contributed by atoms with Gasteiger partial charge in [-0.05, 0) is 37.6 Å². The van der Waals surface area contributed by atoms with Crippen molar-refractivity contribution in [1.82, 2.24) is 10.2 Å². The van der Waals surface area contributed by atoms with Crippen LogP contribution in [0.1, 0.15) is 44.2 Å². The van der Waals surface area contributed by atoms with Crippen molar-refractivity contribution in [3.63, 3.8) is 0 Å². The molecular weight excluding hydrogens is 346 g/mol. The molecule has 1 N–H and O–H groups in total. The molecule has 0 atom stereocenters. The van der Waals surface area contributed by atoms with E-state index in [1.807, 2.05) is 44.2 Å². The molecule has 0 saturated heterocycles. The van der Waals surface area contributed by atoms with Gasteiger partial charge >= 0.3 is 0 Å². The van der Waals surface area contributed by atoms with Crippen LogP contribution in [0.5, 0.6) is 0 Å². The maximum absolute atomic E-state index is 12.3. The van der Waals surface area contributed by atoms with Crippen molar-refractivity contribution in [2.75, 3.05) is 23.3 Å². The fourth-order valence-corrected chi connectivity index (χ4v) is 3.11. The Balaban J connectivity index is 2.13. The number of amides is 1. The van der Waals surface area contributed by atoms with Gasteiger partial charge in [0.15, 0.2) is 0 Å². The lowest BCUT2D eigenvalue weighted by Crippen LogP contribution is -2.21. The van der Waals surface area contributed by atoms with E-state index in [0.717, 1.165) is 29.3 Å². The van der Waals surface area contributed by atoms with Crippen molar-refractivity contribution in [2.24, 2.45) is 0 Å². The molecule has 7 heteroatoms. The van der Waals surface area contributed by atoms with E-state index in [2.05, 4.69) is 34.3 Å². The van der Waals surface area contributed by atoms with Crippen LogP contribution in [0.15, 0.2) is 29.8 Å². The van der Waals surface area contributed by atoms with Crippen molar-refractivity contribution >= 4 is 34.1 Å². The highest BCUT2D eigenvalue weighted by molar-refractivity contribution is 7.15. The number of carbonyl (C=O) groups excluding carboxylic acids is 1. The predicted octanol–water partition coefficient (Wildman–Crippen LogP) is 4.05. The third-order valence-electron chi connectivity index (χ3n) is 3.85. The minimum absolute atomic E-state index is 0.0295. The van der Waals surface area contributed by atoms with Gasteiger partial charge in [-0.25, -0.2) is 0 Å². The molecule has 6 nitrogen and oxygen atoms in total. The number of benzene rings is 1. The summed E-state index contributed by atoms with van der Waals surface area (Å²) in [4.78, 5) is 14.6. The van der Waals surface area contributed by atoms with E-state index in [-0.39, 0.29) is 11.5 Å². The van der Waals surface area contributed by atoms with Gasteiger partial charge in [0.05, 0.1) is 0 Å². The van der Waals surface area contributed by atoms with Gasteiger partial charge in [0.25, 0.3) is 5.91 Å². The summed E-state index contributed by atoms with van der Waals surface area (Å²) in [5.74, 6) is -0.236. The lowest BCUT2D eigenvalue weighted by Gasteiger charge is -2.20. The van der Waals surface area contributed by atoms with Gasteiger partial charge in [-0.1, -0.05) is 37.3 Å². The Morgan fingerprint density at radius 1 is 1.27 bits per heavy atom. The number of nitriles is 1. The third kappa shape index (κ3) is 4.90. The first-order valence-corrected chi connectivity index (χ1v) is 9.41. The number of anilines is 2. The number of rotatable bonds is 7. The van der Waals surface area contributed by atoms with Crippen LogP contribution in [-0.4, -0.2) is 29.2 Å². The van der Waals surface area contributed by atoms with Crippen molar-refractivity contribution in [3.05, 3.63) is 40.4 Å². The number of nitrogens with zero attached hydrogens (tertiary/aromatic N) is 4. The number of nitrogens with one attached hydrogen (secondary N) is 1. The van der Waals surface area contributed by atoms with E-state index in [9.17, 15) is 10.1 Å². The quantitative estimate of drug-likeness (QED) is 0.588. The molecule has 1 aromatic heterocycles. The number of aromatic nitrogens is 2. The second kappa shape index (κ2) is 9.11. The van der Waals surface area contributed by atoms with Crippen LogP contribution in [-0.2, 0) is 4.79 Å². The molecule has 2 aromatic rings. The average Bonchev–Trinajstić information content (AvgIpc) is 3.10. The topological polar surface area (TPSA) is 81.9 Å². The van der Waals surface area contributed by atoms with E-state index >= 15 is 0 Å². The molecule has 0 aliphatic carbocycles. The van der Waals surface area contributed by atoms with E-state index in [1.165, 1.54) is 11.3 Å². The van der Waals surface area contributed by atoms with E-state index in [4.69, 9.17) is 0 Å². The second-order valence-corrected chi connectivity index (χ2v) is 7.00. The Bertz CT molecular complexity index is 813. The Labute approximate surface area is 158 Å². The van der Waals surface area contributed by atoms with Crippen LogP contribution in [0.2, 0.25) is 0 Å². The molecule has 0 bridgehead atoms. The number of carbonyl (C=O) groups is 1. The average molecular weight is 369 g/mol. The van der Waals surface area contributed by atoms with Crippen molar-refractivity contribution in [2.45, 2.75) is 33.6 Å².